The standard InChI is InChI=1S/C5H13NO/c1-5(4-7)3-6-2/h5-7H,3-4H2,1-2H3/t5-/m0/s1. The fraction of sp³-hybridized carbons (Fsp3) is 1.00. The summed E-state index contributed by atoms with van der Waals surface area (Å²) in [7, 11) is 1.88. The van der Waals surface area contributed by atoms with Crippen molar-refractivity contribution >= 4 is 0 Å². The zero-order valence-electron chi connectivity index (χ0n) is 4.94. The zero-order chi connectivity index (χ0) is 5.70. The van der Waals surface area contributed by atoms with Crippen LogP contribution in [0.25, 0.3) is 0 Å². The van der Waals surface area contributed by atoms with Crippen LogP contribution in [0.5, 0.6) is 0 Å². The number of nitrogens with one attached hydrogen (secondary N) is 1. The van der Waals surface area contributed by atoms with E-state index >= 15 is 0 Å². The van der Waals surface area contributed by atoms with E-state index in [1.54, 1.807) is 0 Å². The summed E-state index contributed by atoms with van der Waals surface area (Å²) in [4.78, 5) is 0. The van der Waals surface area contributed by atoms with Crippen LogP contribution in [0.2, 0.25) is 0 Å². The molecule has 2 heteroatoms. The second-order valence-electron chi connectivity index (χ2n) is 1.85. The topological polar surface area (TPSA) is 32.3 Å². The van der Waals surface area contributed by atoms with Crippen molar-refractivity contribution < 1.29 is 5.11 Å². The van der Waals surface area contributed by atoms with Crippen LogP contribution in [0.3, 0.4) is 0 Å². The van der Waals surface area contributed by atoms with Gasteiger partial charge in [0.2, 0.25) is 0 Å². The van der Waals surface area contributed by atoms with E-state index in [0.717, 1.165) is 6.54 Å². The minimum absolute atomic E-state index is 0.279. The highest BCUT2D eigenvalue weighted by molar-refractivity contribution is 4.49. The summed E-state index contributed by atoms with van der Waals surface area (Å²) in [6.07, 6.45) is 0. The largest absolute Gasteiger partial charge is 0.396 e. The molecule has 0 aliphatic rings. The molecule has 0 aromatic heterocycles. The highest BCUT2D eigenvalue weighted by atomic mass is 16.3. The van der Waals surface area contributed by atoms with E-state index in [4.69, 9.17) is 5.11 Å². The minimum atomic E-state index is 0.279. The van der Waals surface area contributed by atoms with Crippen molar-refractivity contribution in [1.29, 1.82) is 0 Å². The number of hydrogen-bond acceptors (Lipinski definition) is 2. The van der Waals surface area contributed by atoms with E-state index in [-0.39, 0.29) is 6.61 Å². The second-order valence-corrected chi connectivity index (χ2v) is 1.85. The van der Waals surface area contributed by atoms with Crippen LogP contribution in [0.4, 0.5) is 0 Å². The molecule has 2 N–H and O–H groups in total. The van der Waals surface area contributed by atoms with Crippen LogP contribution in [0, 0.1) is 5.92 Å². The molecule has 0 amide bonds. The molecule has 1 atom stereocenters. The van der Waals surface area contributed by atoms with Gasteiger partial charge in [-0.1, -0.05) is 6.92 Å². The molecule has 0 rings (SSSR count). The molecule has 0 aliphatic carbocycles. The molecule has 0 aromatic carbocycles. The zero-order valence-corrected chi connectivity index (χ0v) is 4.94. The Hall–Kier alpha value is -0.0800. The van der Waals surface area contributed by atoms with Crippen molar-refractivity contribution in [1.82, 2.24) is 5.32 Å². The molecule has 0 saturated heterocycles. The molecule has 44 valence electrons. The number of aliphatic hydroxyl groups is 1. The Morgan fingerprint density at radius 2 is 2.29 bits per heavy atom. The first-order valence-electron chi connectivity index (χ1n) is 2.56. The van der Waals surface area contributed by atoms with E-state index in [0.29, 0.717) is 5.92 Å². The monoisotopic (exact) mass is 103 g/mol. The normalized spacial score (nSPS) is 14.1. The summed E-state index contributed by atoms with van der Waals surface area (Å²) in [6, 6.07) is 0. The number of hydrogen-bond donors (Lipinski definition) is 2. The van der Waals surface area contributed by atoms with E-state index < -0.39 is 0 Å². The molecule has 0 unspecified atom stereocenters. The van der Waals surface area contributed by atoms with Gasteiger partial charge in [0.15, 0.2) is 0 Å². The van der Waals surface area contributed by atoms with Crippen molar-refractivity contribution in [2.24, 2.45) is 5.92 Å². The van der Waals surface area contributed by atoms with Gasteiger partial charge in [-0.15, -0.1) is 0 Å². The summed E-state index contributed by atoms with van der Waals surface area (Å²) < 4.78 is 0. The molecule has 0 bridgehead atoms. The molecular weight excluding hydrogens is 90.1 g/mol. The van der Waals surface area contributed by atoms with Gasteiger partial charge >= 0.3 is 0 Å². The highest BCUT2D eigenvalue weighted by Gasteiger charge is 1.93. The lowest BCUT2D eigenvalue weighted by Gasteiger charge is -2.03. The summed E-state index contributed by atoms with van der Waals surface area (Å²) in [5.74, 6) is 0.394. The van der Waals surface area contributed by atoms with Gasteiger partial charge in [0.05, 0.1) is 0 Å². The molecule has 0 spiro atoms. The molecule has 0 fully saturated rings. The molecular formula is C5H13NO. The molecule has 7 heavy (non-hydrogen) atoms. The van der Waals surface area contributed by atoms with E-state index in [2.05, 4.69) is 5.32 Å². The van der Waals surface area contributed by atoms with Crippen LogP contribution in [-0.4, -0.2) is 25.3 Å². The van der Waals surface area contributed by atoms with Crippen molar-refractivity contribution in [2.45, 2.75) is 6.92 Å². The SMILES string of the molecule is CNC[C@H](C)CO. The van der Waals surface area contributed by atoms with Crippen LogP contribution in [0.15, 0.2) is 0 Å². The van der Waals surface area contributed by atoms with Crippen LogP contribution in [-0.2, 0) is 0 Å². The molecule has 2 nitrogen and oxygen atoms in total. The van der Waals surface area contributed by atoms with E-state index in [9.17, 15) is 0 Å². The highest BCUT2D eigenvalue weighted by Crippen LogP contribution is 1.85. The second kappa shape index (κ2) is 4.09. The van der Waals surface area contributed by atoms with Crippen molar-refractivity contribution in [3.63, 3.8) is 0 Å². The van der Waals surface area contributed by atoms with Gasteiger partial charge in [0.1, 0.15) is 0 Å². The first-order chi connectivity index (χ1) is 3.31. The number of aliphatic hydroxyl groups excluding tert-OH is 1. The lowest BCUT2D eigenvalue weighted by molar-refractivity contribution is 0.236. The van der Waals surface area contributed by atoms with Gasteiger partial charge in [-0.3, -0.25) is 0 Å². The first-order valence-corrected chi connectivity index (χ1v) is 2.56. The Labute approximate surface area is 44.5 Å². The molecule has 0 aliphatic heterocycles. The fourth-order valence-electron chi connectivity index (χ4n) is 0.413. The Morgan fingerprint density at radius 1 is 1.71 bits per heavy atom. The lowest BCUT2D eigenvalue weighted by atomic mass is 10.2. The predicted octanol–water partition coefficient (Wildman–Crippen LogP) is -0.166. The average molecular weight is 103 g/mol. The van der Waals surface area contributed by atoms with Crippen LogP contribution >= 0.6 is 0 Å². The average Bonchev–Trinajstić information content (AvgIpc) is 1.68. The van der Waals surface area contributed by atoms with Crippen molar-refractivity contribution in [2.75, 3.05) is 20.2 Å². The van der Waals surface area contributed by atoms with E-state index in [1.807, 2.05) is 14.0 Å². The van der Waals surface area contributed by atoms with Crippen molar-refractivity contribution in [3.05, 3.63) is 0 Å². The predicted molar refractivity (Wildman–Crippen MR) is 30.2 cm³/mol. The summed E-state index contributed by atoms with van der Waals surface area (Å²) in [5.41, 5.74) is 0. The summed E-state index contributed by atoms with van der Waals surface area (Å²) in [6.45, 7) is 3.17. The quantitative estimate of drug-likeness (QED) is 0.520. The summed E-state index contributed by atoms with van der Waals surface area (Å²) in [5, 5.41) is 11.4. The lowest BCUT2D eigenvalue weighted by Crippen LogP contribution is -2.18. The van der Waals surface area contributed by atoms with E-state index in [1.165, 1.54) is 0 Å². The van der Waals surface area contributed by atoms with Gasteiger partial charge in [0, 0.05) is 6.61 Å². The minimum Gasteiger partial charge on any atom is -0.396 e. The maximum atomic E-state index is 8.43. The molecule has 0 radical (unpaired) electrons. The van der Waals surface area contributed by atoms with Crippen molar-refractivity contribution in [3.8, 4) is 0 Å². The number of rotatable bonds is 3. The van der Waals surface area contributed by atoms with Gasteiger partial charge in [-0.05, 0) is 19.5 Å². The molecule has 0 aromatic rings. The maximum absolute atomic E-state index is 8.43. The van der Waals surface area contributed by atoms with Gasteiger partial charge < -0.3 is 10.4 Å². The Morgan fingerprint density at radius 3 is 2.43 bits per heavy atom. The third-order valence-corrected chi connectivity index (χ3v) is 0.864. The third kappa shape index (κ3) is 3.76. The molecule has 0 saturated carbocycles. The summed E-state index contributed by atoms with van der Waals surface area (Å²) >= 11 is 0. The Bertz CT molecular complexity index is 39.1. The van der Waals surface area contributed by atoms with Gasteiger partial charge in [-0.2, -0.15) is 0 Å². The first kappa shape index (κ1) is 6.92. The van der Waals surface area contributed by atoms with Crippen LogP contribution in [0.1, 0.15) is 6.92 Å². The molecule has 0 heterocycles. The maximum Gasteiger partial charge on any atom is 0.0468 e. The van der Waals surface area contributed by atoms with Crippen LogP contribution < -0.4 is 5.32 Å². The van der Waals surface area contributed by atoms with Gasteiger partial charge in [-0.25, -0.2) is 0 Å². The Balaban J connectivity index is 2.83. The Kier molecular flexibility index (Phi) is 4.04. The smallest absolute Gasteiger partial charge is 0.0468 e. The fourth-order valence-corrected chi connectivity index (χ4v) is 0.413. The van der Waals surface area contributed by atoms with Gasteiger partial charge in [0.25, 0.3) is 0 Å². The third-order valence-electron chi connectivity index (χ3n) is 0.864.